The van der Waals surface area contributed by atoms with Crippen molar-refractivity contribution in [3.8, 4) is 0 Å². The average molecular weight is 337 g/mol. The van der Waals surface area contributed by atoms with Gasteiger partial charge in [0.1, 0.15) is 0 Å². The van der Waals surface area contributed by atoms with Gasteiger partial charge in [-0.2, -0.15) is 35.1 Å². The van der Waals surface area contributed by atoms with Crippen molar-refractivity contribution in [1.82, 2.24) is 0 Å². The third-order valence-electron chi connectivity index (χ3n) is 2.83. The molecule has 0 aromatic heterocycles. The lowest BCUT2D eigenvalue weighted by Crippen LogP contribution is -2.39. The monoisotopic (exact) mass is 337 g/mol. The summed E-state index contributed by atoms with van der Waals surface area (Å²) in [6, 6.07) is 2.86. The van der Waals surface area contributed by atoms with E-state index in [0.29, 0.717) is 12.1 Å². The summed E-state index contributed by atoms with van der Waals surface area (Å²) in [5.41, 5.74) is -1.71. The first-order valence-electron chi connectivity index (χ1n) is 5.78. The van der Waals surface area contributed by atoms with Crippen molar-refractivity contribution >= 4 is 5.69 Å². The number of benzene rings is 1. The number of aliphatic hydroxyl groups is 1. The molecule has 0 radical (unpaired) electrons. The highest BCUT2D eigenvalue weighted by molar-refractivity contribution is 5.49. The minimum Gasteiger partial charge on any atom is -0.382 e. The first kappa shape index (κ1) is 18.5. The van der Waals surface area contributed by atoms with Crippen molar-refractivity contribution in [1.29, 1.82) is 0 Å². The highest BCUT2D eigenvalue weighted by atomic mass is 19.4. The summed E-state index contributed by atoms with van der Waals surface area (Å²) in [6.45, 7) is -1.01. The molecule has 2 nitrogen and oxygen atoms in total. The lowest BCUT2D eigenvalue weighted by molar-refractivity contribution is -0.289. The van der Waals surface area contributed by atoms with Gasteiger partial charge in [0.25, 0.3) is 0 Å². The third kappa shape index (κ3) is 3.99. The number of alkyl halides is 8. The molecule has 1 rings (SSSR count). The molecule has 0 aliphatic rings. The van der Waals surface area contributed by atoms with Crippen molar-refractivity contribution in [2.24, 2.45) is 0 Å². The number of anilines is 1. The average Bonchev–Trinajstić information content (AvgIpc) is 2.36. The standard InChI is InChI=1S/C12H11F8NO/c1-21(6-9(22)11(15,16)17)8-4-2-3-7(5-8)10(13,14)12(18,19)20/h2-5,9,22H,6H2,1H3. The van der Waals surface area contributed by atoms with Crippen LogP contribution in [-0.4, -0.2) is 37.2 Å². The number of aliphatic hydroxyl groups excluding tert-OH is 1. The van der Waals surface area contributed by atoms with E-state index < -0.39 is 36.5 Å². The van der Waals surface area contributed by atoms with Gasteiger partial charge in [-0.05, 0) is 12.1 Å². The second-order valence-corrected chi connectivity index (χ2v) is 4.56. The van der Waals surface area contributed by atoms with Gasteiger partial charge in [0.2, 0.25) is 0 Å². The molecule has 0 saturated heterocycles. The smallest absolute Gasteiger partial charge is 0.382 e. The van der Waals surface area contributed by atoms with E-state index in [4.69, 9.17) is 5.11 Å². The van der Waals surface area contributed by atoms with Crippen LogP contribution in [0.1, 0.15) is 5.56 Å². The third-order valence-corrected chi connectivity index (χ3v) is 2.83. The Morgan fingerprint density at radius 3 is 2.05 bits per heavy atom. The SMILES string of the molecule is CN(CC(O)C(F)(F)F)c1cccc(C(F)(F)C(F)(F)F)c1. The lowest BCUT2D eigenvalue weighted by Gasteiger charge is -2.26. The van der Waals surface area contributed by atoms with Gasteiger partial charge in [-0.1, -0.05) is 12.1 Å². The maximum atomic E-state index is 13.2. The zero-order valence-electron chi connectivity index (χ0n) is 11.0. The molecule has 0 bridgehead atoms. The van der Waals surface area contributed by atoms with Crippen LogP contribution < -0.4 is 4.90 Å². The molecule has 1 aromatic rings. The Bertz CT molecular complexity index is 511. The van der Waals surface area contributed by atoms with Crippen LogP contribution >= 0.6 is 0 Å². The Morgan fingerprint density at radius 2 is 1.59 bits per heavy atom. The summed E-state index contributed by atoms with van der Waals surface area (Å²) in [5, 5.41) is 8.88. The molecule has 22 heavy (non-hydrogen) atoms. The van der Waals surface area contributed by atoms with Crippen LogP contribution in [0.3, 0.4) is 0 Å². The highest BCUT2D eigenvalue weighted by Crippen LogP contribution is 2.44. The second kappa shape index (κ2) is 5.90. The quantitative estimate of drug-likeness (QED) is 0.847. The predicted molar refractivity (Wildman–Crippen MR) is 61.7 cm³/mol. The Balaban J connectivity index is 3.02. The van der Waals surface area contributed by atoms with E-state index in [1.54, 1.807) is 0 Å². The molecule has 0 heterocycles. The van der Waals surface area contributed by atoms with Gasteiger partial charge in [0, 0.05) is 18.3 Å². The van der Waals surface area contributed by atoms with E-state index in [1.807, 2.05) is 0 Å². The number of hydrogen-bond donors (Lipinski definition) is 1. The van der Waals surface area contributed by atoms with Crippen molar-refractivity contribution in [3.05, 3.63) is 29.8 Å². The van der Waals surface area contributed by atoms with Crippen LogP contribution in [0.4, 0.5) is 40.8 Å². The van der Waals surface area contributed by atoms with Crippen molar-refractivity contribution in [3.63, 3.8) is 0 Å². The number of rotatable bonds is 4. The van der Waals surface area contributed by atoms with Crippen LogP contribution in [0.25, 0.3) is 0 Å². The number of halogens is 8. The Kier molecular flexibility index (Phi) is 4.95. The zero-order chi connectivity index (χ0) is 17.3. The first-order valence-corrected chi connectivity index (χ1v) is 5.78. The topological polar surface area (TPSA) is 23.5 Å². The second-order valence-electron chi connectivity index (χ2n) is 4.56. The molecule has 0 saturated carbocycles. The normalized spacial score (nSPS) is 14.8. The van der Waals surface area contributed by atoms with Crippen LogP contribution in [0.15, 0.2) is 24.3 Å². The van der Waals surface area contributed by atoms with Gasteiger partial charge in [-0.25, -0.2) is 0 Å². The van der Waals surface area contributed by atoms with Crippen LogP contribution in [0.2, 0.25) is 0 Å². The minimum atomic E-state index is -5.82. The van der Waals surface area contributed by atoms with Crippen molar-refractivity contribution in [2.75, 3.05) is 18.5 Å². The fourth-order valence-electron chi connectivity index (χ4n) is 1.57. The van der Waals surface area contributed by atoms with Gasteiger partial charge in [-0.15, -0.1) is 0 Å². The molecule has 0 spiro atoms. The Hall–Kier alpha value is -1.58. The summed E-state index contributed by atoms with van der Waals surface area (Å²) in [4.78, 5) is 0.730. The Morgan fingerprint density at radius 1 is 1.05 bits per heavy atom. The Labute approximate surface area is 119 Å². The molecular formula is C12H11F8NO. The highest BCUT2D eigenvalue weighted by Gasteiger charge is 2.58. The molecule has 0 fully saturated rings. The van der Waals surface area contributed by atoms with Crippen LogP contribution in [0, 0.1) is 0 Å². The van der Waals surface area contributed by atoms with Gasteiger partial charge >= 0.3 is 18.3 Å². The zero-order valence-corrected chi connectivity index (χ0v) is 11.0. The lowest BCUT2D eigenvalue weighted by atomic mass is 10.1. The molecule has 126 valence electrons. The fourth-order valence-corrected chi connectivity index (χ4v) is 1.57. The summed E-state index contributed by atoms with van der Waals surface area (Å²) < 4.78 is 99.8. The first-order chi connectivity index (χ1) is 9.76. The largest absolute Gasteiger partial charge is 0.458 e. The van der Waals surface area contributed by atoms with Crippen molar-refractivity contribution < 1.29 is 40.2 Å². The minimum absolute atomic E-state index is 0.315. The van der Waals surface area contributed by atoms with Gasteiger partial charge in [0.05, 0.1) is 6.54 Å². The molecule has 0 aliphatic carbocycles. The van der Waals surface area contributed by atoms with Crippen LogP contribution in [-0.2, 0) is 5.92 Å². The van der Waals surface area contributed by atoms with E-state index in [9.17, 15) is 35.1 Å². The van der Waals surface area contributed by atoms with E-state index >= 15 is 0 Å². The molecule has 1 unspecified atom stereocenters. The number of hydrogen-bond acceptors (Lipinski definition) is 2. The summed E-state index contributed by atoms with van der Waals surface area (Å²) >= 11 is 0. The van der Waals surface area contributed by atoms with Gasteiger partial charge in [0.15, 0.2) is 6.10 Å². The van der Waals surface area contributed by atoms with Crippen molar-refractivity contribution in [2.45, 2.75) is 24.4 Å². The summed E-state index contributed by atoms with van der Waals surface area (Å²) in [7, 11) is 1.03. The van der Waals surface area contributed by atoms with E-state index in [2.05, 4.69) is 0 Å². The maximum Gasteiger partial charge on any atom is 0.458 e. The van der Waals surface area contributed by atoms with Gasteiger partial charge < -0.3 is 10.0 Å². The van der Waals surface area contributed by atoms with E-state index in [0.717, 1.165) is 24.1 Å². The molecule has 1 N–H and O–H groups in total. The molecule has 0 amide bonds. The summed E-state index contributed by atoms with van der Waals surface area (Å²) in [6.07, 6.45) is -13.5. The summed E-state index contributed by atoms with van der Waals surface area (Å²) in [5.74, 6) is -5.13. The van der Waals surface area contributed by atoms with Gasteiger partial charge in [-0.3, -0.25) is 0 Å². The predicted octanol–water partition coefficient (Wildman–Crippen LogP) is 3.70. The van der Waals surface area contributed by atoms with E-state index in [-0.39, 0.29) is 5.69 Å². The fraction of sp³-hybridized carbons (Fsp3) is 0.500. The molecule has 1 aromatic carbocycles. The van der Waals surface area contributed by atoms with Crippen LogP contribution in [0.5, 0.6) is 0 Å². The molecule has 1 atom stereocenters. The van der Waals surface area contributed by atoms with E-state index in [1.165, 1.54) is 0 Å². The number of nitrogens with zero attached hydrogens (tertiary/aromatic N) is 1. The molecule has 10 heteroatoms. The maximum absolute atomic E-state index is 13.2. The number of likely N-dealkylation sites (N-methyl/N-ethyl adjacent to an activating group) is 1. The molecular weight excluding hydrogens is 326 g/mol. The molecule has 0 aliphatic heterocycles.